The Hall–Kier alpha value is -7.42. The first kappa shape index (κ1) is 36.4. The lowest BCUT2D eigenvalue weighted by Gasteiger charge is -2.29. The molecule has 62 heavy (non-hydrogen) atoms. The van der Waals surface area contributed by atoms with Crippen molar-refractivity contribution in [3.8, 4) is 50.2 Å². The maximum Gasteiger partial charge on any atom is 0.0541 e. The zero-order valence-corrected chi connectivity index (χ0v) is 35.5. The summed E-state index contributed by atoms with van der Waals surface area (Å²) >= 11 is 0. The monoisotopic (exact) mass is 794 g/mol. The Balaban J connectivity index is 1.02. The molecule has 1 aromatic heterocycles. The largest absolute Gasteiger partial charge is 0.310 e. The topological polar surface area (TPSA) is 8.17 Å². The highest BCUT2D eigenvalue weighted by molar-refractivity contribution is 6.09. The van der Waals surface area contributed by atoms with Crippen molar-refractivity contribution in [1.82, 2.24) is 4.57 Å². The fourth-order valence-corrected chi connectivity index (χ4v) is 10.9. The van der Waals surface area contributed by atoms with E-state index in [4.69, 9.17) is 0 Å². The first-order chi connectivity index (χ1) is 30.3. The summed E-state index contributed by atoms with van der Waals surface area (Å²) < 4.78 is 2.41. The Morgan fingerprint density at radius 2 is 0.871 bits per heavy atom. The van der Waals surface area contributed by atoms with Gasteiger partial charge in [-0.3, -0.25) is 0 Å². The van der Waals surface area contributed by atoms with Gasteiger partial charge >= 0.3 is 0 Å². The molecule has 0 bridgehead atoms. The van der Waals surface area contributed by atoms with E-state index >= 15 is 0 Å². The number of nitrogens with zero attached hydrogens (tertiary/aromatic N) is 2. The fourth-order valence-electron chi connectivity index (χ4n) is 10.9. The minimum atomic E-state index is -0.224. The van der Waals surface area contributed by atoms with Crippen molar-refractivity contribution in [2.24, 2.45) is 0 Å². The molecule has 2 nitrogen and oxygen atoms in total. The Bertz CT molecular complexity index is 3330. The average Bonchev–Trinajstić information content (AvgIpc) is 3.86. The van der Waals surface area contributed by atoms with Gasteiger partial charge in [0, 0.05) is 44.4 Å². The SMILES string of the molecule is CC1(C)c2cc(N(c3ccc(-c4ccccc4)cc3)c3cccc(-n4c5ccccc5c5ccccc54)c3)ccc2-c2cc3c(cc21)-c1c(-c2ccccc2)cccc1C3(C)C. The van der Waals surface area contributed by atoms with Crippen molar-refractivity contribution < 1.29 is 0 Å². The predicted octanol–water partition coefficient (Wildman–Crippen LogP) is 16.2. The third-order valence-electron chi connectivity index (χ3n) is 14.0. The molecule has 296 valence electrons. The lowest BCUT2D eigenvalue weighted by molar-refractivity contribution is 0.652. The van der Waals surface area contributed by atoms with E-state index in [1.165, 1.54) is 88.6 Å². The van der Waals surface area contributed by atoms with Crippen LogP contribution in [0.25, 0.3) is 72.0 Å². The van der Waals surface area contributed by atoms with Crippen molar-refractivity contribution in [1.29, 1.82) is 0 Å². The zero-order valence-electron chi connectivity index (χ0n) is 35.5. The van der Waals surface area contributed by atoms with Gasteiger partial charge in [0.25, 0.3) is 0 Å². The van der Waals surface area contributed by atoms with E-state index in [0.717, 1.165) is 22.7 Å². The van der Waals surface area contributed by atoms with Gasteiger partial charge in [-0.1, -0.05) is 167 Å². The van der Waals surface area contributed by atoms with E-state index in [1.807, 2.05) is 0 Å². The van der Waals surface area contributed by atoms with Crippen LogP contribution >= 0.6 is 0 Å². The van der Waals surface area contributed by atoms with Crippen LogP contribution in [-0.2, 0) is 10.8 Å². The van der Waals surface area contributed by atoms with Gasteiger partial charge < -0.3 is 9.47 Å². The second kappa shape index (κ2) is 13.5. The molecule has 0 fully saturated rings. The molecule has 2 aliphatic carbocycles. The molecule has 0 aliphatic heterocycles. The van der Waals surface area contributed by atoms with Crippen LogP contribution in [-0.4, -0.2) is 4.57 Å². The van der Waals surface area contributed by atoms with Gasteiger partial charge in [0.15, 0.2) is 0 Å². The van der Waals surface area contributed by atoms with E-state index in [9.17, 15) is 0 Å². The highest BCUT2D eigenvalue weighted by Crippen LogP contribution is 2.58. The van der Waals surface area contributed by atoms with Crippen molar-refractivity contribution in [2.45, 2.75) is 38.5 Å². The van der Waals surface area contributed by atoms with Crippen LogP contribution < -0.4 is 4.90 Å². The molecule has 10 aromatic rings. The molecule has 0 spiro atoms. The van der Waals surface area contributed by atoms with E-state index in [0.29, 0.717) is 0 Å². The molecule has 0 radical (unpaired) electrons. The Labute approximate surface area is 364 Å². The smallest absolute Gasteiger partial charge is 0.0541 e. The number of rotatable bonds is 6. The van der Waals surface area contributed by atoms with Gasteiger partial charge in [-0.15, -0.1) is 0 Å². The summed E-state index contributed by atoms with van der Waals surface area (Å²) in [7, 11) is 0. The molecule has 0 unspecified atom stereocenters. The summed E-state index contributed by atoms with van der Waals surface area (Å²) in [6.45, 7) is 9.63. The maximum absolute atomic E-state index is 2.54. The molecule has 9 aromatic carbocycles. The number of anilines is 3. The minimum Gasteiger partial charge on any atom is -0.310 e. The first-order valence-electron chi connectivity index (χ1n) is 21.8. The van der Waals surface area contributed by atoms with Crippen molar-refractivity contribution >= 4 is 38.9 Å². The normalized spacial score (nSPS) is 14.1. The quantitative estimate of drug-likeness (QED) is 0.163. The Kier molecular flexibility index (Phi) is 7.96. The summed E-state index contributed by atoms with van der Waals surface area (Å²) in [6.07, 6.45) is 0. The number of benzene rings is 9. The Morgan fingerprint density at radius 1 is 0.339 bits per heavy atom. The molecule has 0 amide bonds. The van der Waals surface area contributed by atoms with Crippen LogP contribution in [0.5, 0.6) is 0 Å². The van der Waals surface area contributed by atoms with Gasteiger partial charge in [0.2, 0.25) is 0 Å². The van der Waals surface area contributed by atoms with Crippen molar-refractivity contribution in [3.05, 3.63) is 229 Å². The number of aromatic nitrogens is 1. The molecule has 2 heteroatoms. The van der Waals surface area contributed by atoms with Crippen LogP contribution in [0.1, 0.15) is 49.9 Å². The van der Waals surface area contributed by atoms with Gasteiger partial charge in [0.1, 0.15) is 0 Å². The van der Waals surface area contributed by atoms with E-state index in [2.05, 4.69) is 243 Å². The summed E-state index contributed by atoms with van der Waals surface area (Å²) in [4.78, 5) is 2.44. The molecule has 0 saturated heterocycles. The van der Waals surface area contributed by atoms with Crippen LogP contribution in [0.4, 0.5) is 17.1 Å². The van der Waals surface area contributed by atoms with Crippen molar-refractivity contribution in [2.75, 3.05) is 4.90 Å². The molecular formula is C60H46N2. The van der Waals surface area contributed by atoms with Crippen LogP contribution in [0, 0.1) is 0 Å². The maximum atomic E-state index is 2.54. The van der Waals surface area contributed by atoms with Gasteiger partial charge in [-0.25, -0.2) is 0 Å². The second-order valence-corrected chi connectivity index (χ2v) is 18.2. The summed E-state index contributed by atoms with van der Waals surface area (Å²) in [5.41, 5.74) is 22.5. The standard InChI is InChI=1S/C60H46N2/c1-59(2)52-26-16-25-46(41-19-9-6-10-20-41)58(52)51-38-54-50(37-55(51)59)47-34-33-45(36-53(47)60(54,3)4)61(42-31-29-40(30-32-42)39-17-7-5-8-18-39)43-21-15-22-44(35-43)62-56-27-13-11-23-48(56)49-24-12-14-28-57(49)62/h5-38H,1-4H3. The molecule has 12 rings (SSSR count). The predicted molar refractivity (Wildman–Crippen MR) is 261 cm³/mol. The molecule has 2 aliphatic rings. The third kappa shape index (κ3) is 5.36. The first-order valence-corrected chi connectivity index (χ1v) is 21.8. The highest BCUT2D eigenvalue weighted by Gasteiger charge is 2.42. The highest BCUT2D eigenvalue weighted by atomic mass is 15.1. The Morgan fingerprint density at radius 3 is 1.58 bits per heavy atom. The fraction of sp³-hybridized carbons (Fsp3) is 0.100. The second-order valence-electron chi connectivity index (χ2n) is 18.2. The summed E-state index contributed by atoms with van der Waals surface area (Å²) in [5, 5.41) is 2.52. The molecule has 1 heterocycles. The molecule has 0 saturated carbocycles. The van der Waals surface area contributed by atoms with E-state index in [1.54, 1.807) is 0 Å². The minimum absolute atomic E-state index is 0.124. The molecule has 0 N–H and O–H groups in total. The third-order valence-corrected chi connectivity index (χ3v) is 14.0. The van der Waals surface area contributed by atoms with E-state index in [-0.39, 0.29) is 10.8 Å². The number of para-hydroxylation sites is 2. The number of hydrogen-bond donors (Lipinski definition) is 0. The van der Waals surface area contributed by atoms with Crippen LogP contribution in [0.3, 0.4) is 0 Å². The molecule has 0 atom stereocenters. The van der Waals surface area contributed by atoms with Gasteiger partial charge in [0.05, 0.1) is 11.0 Å². The van der Waals surface area contributed by atoms with Crippen molar-refractivity contribution in [3.63, 3.8) is 0 Å². The van der Waals surface area contributed by atoms with Crippen LogP contribution in [0.15, 0.2) is 206 Å². The van der Waals surface area contributed by atoms with Gasteiger partial charge in [-0.2, -0.15) is 0 Å². The molecular weight excluding hydrogens is 749 g/mol. The summed E-state index contributed by atoms with van der Waals surface area (Å²) in [6, 6.07) is 76.3. The number of hydrogen-bond acceptors (Lipinski definition) is 1. The average molecular weight is 795 g/mol. The lowest BCUT2D eigenvalue weighted by atomic mass is 9.79. The van der Waals surface area contributed by atoms with Crippen LogP contribution in [0.2, 0.25) is 0 Å². The lowest BCUT2D eigenvalue weighted by Crippen LogP contribution is -2.17. The van der Waals surface area contributed by atoms with E-state index < -0.39 is 0 Å². The zero-order chi connectivity index (χ0) is 41.7. The van der Waals surface area contributed by atoms with Gasteiger partial charge in [-0.05, 0) is 133 Å². The number of fused-ring (bicyclic) bond motifs is 9. The summed E-state index contributed by atoms with van der Waals surface area (Å²) in [5.74, 6) is 0.